The van der Waals surface area contributed by atoms with Crippen LogP contribution in [0.25, 0.3) is 11.0 Å². The van der Waals surface area contributed by atoms with Crippen molar-refractivity contribution in [2.75, 3.05) is 5.32 Å². The highest BCUT2D eigenvalue weighted by molar-refractivity contribution is 8.01. The first-order valence-electron chi connectivity index (χ1n) is 9.73. The fourth-order valence-corrected chi connectivity index (χ4v) is 5.29. The molecule has 4 aromatic rings. The van der Waals surface area contributed by atoms with Gasteiger partial charge in [0.05, 0.1) is 16.4 Å². The Morgan fingerprint density at radius 1 is 0.967 bits per heavy atom. The Kier molecular flexibility index (Phi) is 4.48. The summed E-state index contributed by atoms with van der Waals surface area (Å²) in [6.45, 7) is 1.91. The molecule has 0 amide bonds. The van der Waals surface area contributed by atoms with Crippen molar-refractivity contribution in [1.82, 2.24) is 0 Å². The first kappa shape index (κ1) is 18.7. The van der Waals surface area contributed by atoms with Crippen LogP contribution in [0.15, 0.2) is 99.0 Å². The maximum Gasteiger partial charge on any atom is 0.341 e. The van der Waals surface area contributed by atoms with E-state index in [-0.39, 0.29) is 5.78 Å². The molecule has 1 N–H and O–H groups in total. The van der Waals surface area contributed by atoms with Crippen LogP contribution >= 0.6 is 11.8 Å². The molecule has 0 radical (unpaired) electrons. The zero-order valence-electron chi connectivity index (χ0n) is 16.3. The molecule has 0 aliphatic carbocycles. The molecule has 0 spiro atoms. The Bertz CT molecular complexity index is 1310. The number of rotatable bonds is 3. The summed E-state index contributed by atoms with van der Waals surface area (Å²) in [6, 6.07) is 26.3. The van der Waals surface area contributed by atoms with Crippen molar-refractivity contribution in [2.45, 2.75) is 22.6 Å². The van der Waals surface area contributed by atoms with Crippen LogP contribution in [0.4, 0.5) is 5.69 Å². The van der Waals surface area contributed by atoms with Crippen molar-refractivity contribution >= 4 is 34.2 Å². The van der Waals surface area contributed by atoms with Crippen molar-refractivity contribution < 1.29 is 9.21 Å². The van der Waals surface area contributed by atoms with Crippen LogP contribution in [0.1, 0.15) is 22.8 Å². The molecule has 1 aliphatic heterocycles. The van der Waals surface area contributed by atoms with Gasteiger partial charge in [0.1, 0.15) is 5.58 Å². The number of carbonyl (C=O) groups is 1. The highest BCUT2D eigenvalue weighted by Crippen LogP contribution is 2.47. The molecule has 4 nitrogen and oxygen atoms in total. The average molecular weight is 413 g/mol. The fourth-order valence-electron chi connectivity index (χ4n) is 3.96. The van der Waals surface area contributed by atoms with E-state index in [0.717, 1.165) is 16.0 Å². The maximum atomic E-state index is 13.6. The molecule has 2 heterocycles. The first-order chi connectivity index (χ1) is 14.6. The molecule has 5 rings (SSSR count). The smallest absolute Gasteiger partial charge is 0.341 e. The van der Waals surface area contributed by atoms with E-state index in [4.69, 9.17) is 4.42 Å². The maximum absolute atomic E-state index is 13.6. The lowest BCUT2D eigenvalue weighted by Crippen LogP contribution is -2.50. The van der Waals surface area contributed by atoms with Crippen molar-refractivity contribution in [2.24, 2.45) is 0 Å². The van der Waals surface area contributed by atoms with Gasteiger partial charge < -0.3 is 9.73 Å². The number of hydrogen-bond donors (Lipinski definition) is 1. The normalized spacial score (nSPS) is 20.4. The topological polar surface area (TPSA) is 59.3 Å². The van der Waals surface area contributed by atoms with Crippen LogP contribution in [0.5, 0.6) is 0 Å². The third-order valence-electron chi connectivity index (χ3n) is 5.55. The SMILES string of the molecule is C[C@]1(c2cc3ccccc3oc2=O)Nc2ccccc2S[C@H]1C(=O)c1ccccc1. The molecule has 0 bridgehead atoms. The van der Waals surface area contributed by atoms with Crippen LogP contribution in [0.2, 0.25) is 0 Å². The van der Waals surface area contributed by atoms with E-state index in [1.807, 2.05) is 85.8 Å². The second-order valence-electron chi connectivity index (χ2n) is 7.54. The number of carbonyl (C=O) groups excluding carboxylic acids is 1. The largest absolute Gasteiger partial charge is 0.422 e. The summed E-state index contributed by atoms with van der Waals surface area (Å²) in [5.74, 6) is -0.0299. The van der Waals surface area contributed by atoms with Gasteiger partial charge >= 0.3 is 5.63 Å². The monoisotopic (exact) mass is 413 g/mol. The molecule has 0 saturated carbocycles. The predicted molar refractivity (Wildman–Crippen MR) is 120 cm³/mol. The zero-order valence-corrected chi connectivity index (χ0v) is 17.1. The number of Topliss-reactive ketones (excluding diaryl/α,β-unsaturated/α-hetero) is 1. The number of fused-ring (bicyclic) bond motifs is 2. The predicted octanol–water partition coefficient (Wildman–Crippen LogP) is 5.48. The van der Waals surface area contributed by atoms with Crippen LogP contribution in [0, 0.1) is 0 Å². The minimum Gasteiger partial charge on any atom is -0.422 e. The summed E-state index contributed by atoms with van der Waals surface area (Å²) in [5, 5.41) is 3.78. The Labute approximate surface area is 177 Å². The van der Waals surface area contributed by atoms with Crippen molar-refractivity contribution in [3.05, 3.63) is 106 Å². The number of hydrogen-bond acceptors (Lipinski definition) is 5. The molecule has 0 saturated heterocycles. The Morgan fingerprint density at radius 3 is 2.50 bits per heavy atom. The quantitative estimate of drug-likeness (QED) is 0.356. The Hall–Kier alpha value is -3.31. The lowest BCUT2D eigenvalue weighted by atomic mass is 9.84. The van der Waals surface area contributed by atoms with Gasteiger partial charge in [-0.1, -0.05) is 60.7 Å². The lowest BCUT2D eigenvalue weighted by Gasteiger charge is -2.42. The lowest BCUT2D eigenvalue weighted by molar-refractivity contribution is 0.0967. The third kappa shape index (κ3) is 3.02. The number of para-hydroxylation sites is 2. The van der Waals surface area contributed by atoms with E-state index >= 15 is 0 Å². The second-order valence-corrected chi connectivity index (χ2v) is 8.68. The van der Waals surface area contributed by atoms with Crippen molar-refractivity contribution in [3.8, 4) is 0 Å². The van der Waals surface area contributed by atoms with E-state index in [1.54, 1.807) is 6.07 Å². The molecule has 1 aromatic heterocycles. The molecule has 0 fully saturated rings. The molecule has 3 aromatic carbocycles. The van der Waals surface area contributed by atoms with Gasteiger partial charge in [-0.3, -0.25) is 4.79 Å². The van der Waals surface area contributed by atoms with Crippen LogP contribution in [-0.4, -0.2) is 11.0 Å². The van der Waals surface area contributed by atoms with E-state index in [9.17, 15) is 9.59 Å². The number of nitrogens with one attached hydrogen (secondary N) is 1. The number of anilines is 1. The Balaban J connectivity index is 1.71. The van der Waals surface area contributed by atoms with Gasteiger partial charge in [-0.2, -0.15) is 0 Å². The standard InChI is InChI=1S/C25H19NO3S/c1-25(18-15-17-11-5-7-13-20(17)29-24(18)28)23(22(27)16-9-3-2-4-10-16)30-21-14-8-6-12-19(21)26-25/h2-15,23,26H,1H3/t23-,25+/m0/s1. The fraction of sp³-hybridized carbons (Fsp3) is 0.120. The van der Waals surface area contributed by atoms with E-state index in [2.05, 4.69) is 5.32 Å². The Morgan fingerprint density at radius 2 is 1.67 bits per heavy atom. The molecule has 148 valence electrons. The number of benzene rings is 3. The highest BCUT2D eigenvalue weighted by atomic mass is 32.2. The van der Waals surface area contributed by atoms with Gasteiger partial charge in [-0.15, -0.1) is 11.8 Å². The molecule has 5 heteroatoms. The van der Waals surface area contributed by atoms with Gasteiger partial charge in [0, 0.05) is 21.5 Å². The van der Waals surface area contributed by atoms with Crippen LogP contribution in [-0.2, 0) is 5.54 Å². The molecular formula is C25H19NO3S. The minimum absolute atomic E-state index is 0.0299. The van der Waals surface area contributed by atoms with Crippen molar-refractivity contribution in [1.29, 1.82) is 0 Å². The van der Waals surface area contributed by atoms with Gasteiger partial charge in [0.2, 0.25) is 0 Å². The number of ketones is 1. The first-order valence-corrected chi connectivity index (χ1v) is 10.6. The summed E-state index contributed by atoms with van der Waals surface area (Å²) in [6.07, 6.45) is 0. The van der Waals surface area contributed by atoms with Gasteiger partial charge in [0.15, 0.2) is 5.78 Å². The molecule has 2 atom stereocenters. The summed E-state index contributed by atoms with van der Waals surface area (Å²) in [7, 11) is 0. The molecule has 0 unspecified atom stereocenters. The number of thioether (sulfide) groups is 1. The molecule has 1 aliphatic rings. The average Bonchev–Trinajstić information content (AvgIpc) is 2.78. The van der Waals surface area contributed by atoms with Gasteiger partial charge in [-0.05, 0) is 31.2 Å². The molecule has 30 heavy (non-hydrogen) atoms. The van der Waals surface area contributed by atoms with Crippen LogP contribution < -0.4 is 10.9 Å². The summed E-state index contributed by atoms with van der Waals surface area (Å²) in [4.78, 5) is 27.6. The van der Waals surface area contributed by atoms with Gasteiger partial charge in [-0.25, -0.2) is 4.79 Å². The highest BCUT2D eigenvalue weighted by Gasteiger charge is 2.47. The van der Waals surface area contributed by atoms with E-state index < -0.39 is 16.4 Å². The van der Waals surface area contributed by atoms with Crippen molar-refractivity contribution in [3.63, 3.8) is 0 Å². The van der Waals surface area contributed by atoms with Crippen LogP contribution in [0.3, 0.4) is 0 Å². The molecular weight excluding hydrogens is 394 g/mol. The van der Waals surface area contributed by atoms with E-state index in [1.165, 1.54) is 11.8 Å². The van der Waals surface area contributed by atoms with E-state index in [0.29, 0.717) is 16.7 Å². The summed E-state index contributed by atoms with van der Waals surface area (Å²) < 4.78 is 5.62. The minimum atomic E-state index is -0.948. The third-order valence-corrected chi connectivity index (χ3v) is 7.08. The second kappa shape index (κ2) is 7.18. The van der Waals surface area contributed by atoms with Gasteiger partial charge in [0.25, 0.3) is 0 Å². The summed E-state index contributed by atoms with van der Waals surface area (Å²) in [5.41, 5.74) is 1.11. The summed E-state index contributed by atoms with van der Waals surface area (Å²) >= 11 is 1.48. The zero-order chi connectivity index (χ0) is 20.7.